The van der Waals surface area contributed by atoms with Crippen molar-refractivity contribution in [3.05, 3.63) is 19.8 Å². The lowest BCUT2D eigenvalue weighted by atomic mass is 9.96. The van der Waals surface area contributed by atoms with Crippen LogP contribution in [0.25, 0.3) is 0 Å². The molecule has 1 aromatic heterocycles. The Morgan fingerprint density at radius 3 is 2.77 bits per heavy atom. The quantitative estimate of drug-likeness (QED) is 0.828. The lowest BCUT2D eigenvalue weighted by molar-refractivity contribution is 0.0999. The fraction of sp³-hybridized carbons (Fsp3) is 0.444. The summed E-state index contributed by atoms with van der Waals surface area (Å²) < 4.78 is 0.909. The molecule has 13 heavy (non-hydrogen) atoms. The Morgan fingerprint density at radius 2 is 2.08 bits per heavy atom. The van der Waals surface area contributed by atoms with E-state index in [-0.39, 0.29) is 5.91 Å². The smallest absolute Gasteiger partial charge is 0.251 e. The minimum atomic E-state index is -0.300. The van der Waals surface area contributed by atoms with E-state index in [1.807, 2.05) is 0 Å². The first-order valence-corrected chi connectivity index (χ1v) is 5.91. The molecule has 2 nitrogen and oxygen atoms in total. The van der Waals surface area contributed by atoms with Gasteiger partial charge in [0.25, 0.3) is 5.91 Å². The third-order valence-corrected chi connectivity index (χ3v) is 4.34. The predicted molar refractivity (Wildman–Crippen MR) is 57.2 cm³/mol. The number of aryl methyl sites for hydroxylation is 1. The Kier molecular flexibility index (Phi) is 2.43. The van der Waals surface area contributed by atoms with Crippen LogP contribution in [0.5, 0.6) is 0 Å². The molecule has 70 valence electrons. The summed E-state index contributed by atoms with van der Waals surface area (Å²) in [6, 6.07) is 0. The monoisotopic (exact) mass is 259 g/mol. The Bertz CT molecular complexity index is 359. The highest BCUT2D eigenvalue weighted by molar-refractivity contribution is 9.11. The molecule has 4 heteroatoms. The van der Waals surface area contributed by atoms with E-state index < -0.39 is 0 Å². The molecule has 0 spiro atoms. The zero-order valence-corrected chi connectivity index (χ0v) is 9.50. The molecule has 0 aliphatic heterocycles. The second-order valence-corrected chi connectivity index (χ2v) is 5.65. The number of hydrogen-bond acceptors (Lipinski definition) is 2. The van der Waals surface area contributed by atoms with E-state index in [4.69, 9.17) is 5.73 Å². The zero-order chi connectivity index (χ0) is 9.42. The SMILES string of the molecule is NC(=O)c1c(Br)sc2c1CCCC2. The molecular formula is C9H10BrNOS. The highest BCUT2D eigenvalue weighted by atomic mass is 79.9. The van der Waals surface area contributed by atoms with Crippen LogP contribution in [0.4, 0.5) is 0 Å². The van der Waals surface area contributed by atoms with Crippen LogP contribution in [-0.2, 0) is 12.8 Å². The van der Waals surface area contributed by atoms with Crippen LogP contribution in [0.15, 0.2) is 3.79 Å². The number of amides is 1. The minimum absolute atomic E-state index is 0.300. The average Bonchev–Trinajstić information content (AvgIpc) is 2.39. The molecule has 2 N–H and O–H groups in total. The van der Waals surface area contributed by atoms with E-state index in [0.717, 1.165) is 22.2 Å². The van der Waals surface area contributed by atoms with Crippen LogP contribution in [0.3, 0.4) is 0 Å². The molecule has 0 radical (unpaired) electrons. The Morgan fingerprint density at radius 1 is 1.38 bits per heavy atom. The summed E-state index contributed by atoms with van der Waals surface area (Å²) in [6.45, 7) is 0. The van der Waals surface area contributed by atoms with Crippen molar-refractivity contribution in [1.29, 1.82) is 0 Å². The Hall–Kier alpha value is -0.350. The van der Waals surface area contributed by atoms with Crippen molar-refractivity contribution in [3.63, 3.8) is 0 Å². The predicted octanol–water partition coefficient (Wildman–Crippen LogP) is 2.49. The van der Waals surface area contributed by atoms with Crippen LogP contribution < -0.4 is 5.73 Å². The van der Waals surface area contributed by atoms with Gasteiger partial charge in [-0.15, -0.1) is 11.3 Å². The van der Waals surface area contributed by atoms with Crippen LogP contribution in [0, 0.1) is 0 Å². The van der Waals surface area contributed by atoms with Crippen molar-refractivity contribution in [1.82, 2.24) is 0 Å². The summed E-state index contributed by atoms with van der Waals surface area (Å²) in [4.78, 5) is 12.5. The number of fused-ring (bicyclic) bond motifs is 1. The minimum Gasteiger partial charge on any atom is -0.366 e. The second-order valence-electron chi connectivity index (χ2n) is 3.22. The summed E-state index contributed by atoms with van der Waals surface area (Å²) in [7, 11) is 0. The number of carbonyl (C=O) groups is 1. The number of primary amides is 1. The van der Waals surface area contributed by atoms with Gasteiger partial charge in [-0.1, -0.05) is 0 Å². The van der Waals surface area contributed by atoms with Gasteiger partial charge in [0, 0.05) is 4.88 Å². The number of rotatable bonds is 1. The van der Waals surface area contributed by atoms with Crippen LogP contribution in [-0.4, -0.2) is 5.91 Å². The third kappa shape index (κ3) is 1.53. The standard InChI is InChI=1S/C9H10BrNOS/c10-8-7(9(11)12)5-3-1-2-4-6(5)13-8/h1-4H2,(H2,11,12). The maximum absolute atomic E-state index is 11.2. The van der Waals surface area contributed by atoms with Crippen LogP contribution >= 0.6 is 27.3 Å². The molecule has 1 amide bonds. The van der Waals surface area contributed by atoms with Gasteiger partial charge in [0.1, 0.15) is 0 Å². The van der Waals surface area contributed by atoms with Crippen molar-refractivity contribution < 1.29 is 4.79 Å². The molecule has 2 rings (SSSR count). The lowest BCUT2D eigenvalue weighted by Crippen LogP contribution is -2.14. The molecule has 0 atom stereocenters. The topological polar surface area (TPSA) is 43.1 Å². The van der Waals surface area contributed by atoms with Crippen molar-refractivity contribution in [2.45, 2.75) is 25.7 Å². The van der Waals surface area contributed by atoms with Gasteiger partial charge in [0.2, 0.25) is 0 Å². The van der Waals surface area contributed by atoms with Crippen molar-refractivity contribution >= 4 is 33.2 Å². The second kappa shape index (κ2) is 3.42. The van der Waals surface area contributed by atoms with Crippen LogP contribution in [0.2, 0.25) is 0 Å². The molecule has 0 fully saturated rings. The number of nitrogens with two attached hydrogens (primary N) is 1. The van der Waals surface area contributed by atoms with Crippen molar-refractivity contribution in [2.75, 3.05) is 0 Å². The summed E-state index contributed by atoms with van der Waals surface area (Å²) in [5, 5.41) is 0. The van der Waals surface area contributed by atoms with Crippen molar-refractivity contribution in [3.8, 4) is 0 Å². The van der Waals surface area contributed by atoms with E-state index in [2.05, 4.69) is 15.9 Å². The first-order valence-electron chi connectivity index (χ1n) is 4.30. The molecule has 0 bridgehead atoms. The number of thiophene rings is 1. The van der Waals surface area contributed by atoms with Gasteiger partial charge in [-0.2, -0.15) is 0 Å². The lowest BCUT2D eigenvalue weighted by Gasteiger charge is -2.10. The summed E-state index contributed by atoms with van der Waals surface area (Å²) in [5.74, 6) is -0.300. The van der Waals surface area contributed by atoms with Gasteiger partial charge in [0.15, 0.2) is 0 Å². The van der Waals surface area contributed by atoms with Gasteiger partial charge in [-0.25, -0.2) is 0 Å². The highest BCUT2D eigenvalue weighted by Gasteiger charge is 2.22. The molecule has 1 aliphatic carbocycles. The van der Waals surface area contributed by atoms with E-state index >= 15 is 0 Å². The Balaban J connectivity index is 2.54. The number of carbonyl (C=O) groups excluding carboxylic acids is 1. The largest absolute Gasteiger partial charge is 0.366 e. The van der Waals surface area contributed by atoms with Gasteiger partial charge in [-0.05, 0) is 47.2 Å². The van der Waals surface area contributed by atoms with Gasteiger partial charge in [0.05, 0.1) is 9.35 Å². The molecule has 1 aliphatic rings. The van der Waals surface area contributed by atoms with E-state index in [0.29, 0.717) is 0 Å². The first kappa shape index (κ1) is 9.21. The van der Waals surface area contributed by atoms with E-state index in [9.17, 15) is 4.79 Å². The number of hydrogen-bond donors (Lipinski definition) is 1. The fourth-order valence-corrected chi connectivity index (χ4v) is 3.91. The molecule has 1 heterocycles. The fourth-order valence-electron chi connectivity index (χ4n) is 1.78. The Labute approximate surface area is 89.3 Å². The zero-order valence-electron chi connectivity index (χ0n) is 7.10. The molecule has 0 unspecified atom stereocenters. The molecule has 0 saturated carbocycles. The van der Waals surface area contributed by atoms with Gasteiger partial charge in [-0.3, -0.25) is 4.79 Å². The highest BCUT2D eigenvalue weighted by Crippen LogP contribution is 2.37. The van der Waals surface area contributed by atoms with E-state index in [1.165, 1.54) is 23.3 Å². The van der Waals surface area contributed by atoms with Crippen molar-refractivity contribution in [2.24, 2.45) is 5.73 Å². The summed E-state index contributed by atoms with van der Waals surface area (Å²) in [5.41, 5.74) is 7.23. The van der Waals surface area contributed by atoms with Gasteiger partial charge >= 0.3 is 0 Å². The maximum atomic E-state index is 11.2. The third-order valence-electron chi connectivity index (χ3n) is 2.37. The molecular weight excluding hydrogens is 250 g/mol. The summed E-state index contributed by atoms with van der Waals surface area (Å²) in [6.07, 6.45) is 4.52. The summed E-state index contributed by atoms with van der Waals surface area (Å²) >= 11 is 5.06. The van der Waals surface area contributed by atoms with Crippen LogP contribution in [0.1, 0.15) is 33.6 Å². The molecule has 0 saturated heterocycles. The average molecular weight is 260 g/mol. The first-order chi connectivity index (χ1) is 6.20. The molecule has 1 aromatic rings. The van der Waals surface area contributed by atoms with E-state index in [1.54, 1.807) is 11.3 Å². The number of halogens is 1. The van der Waals surface area contributed by atoms with Gasteiger partial charge < -0.3 is 5.73 Å². The molecule has 0 aromatic carbocycles. The maximum Gasteiger partial charge on any atom is 0.251 e. The normalized spacial score (nSPS) is 15.5.